The fourth-order valence-electron chi connectivity index (χ4n) is 4.06. The monoisotopic (exact) mass is 364 g/mol. The summed E-state index contributed by atoms with van der Waals surface area (Å²) in [5.41, 5.74) is 1.03. The van der Waals surface area contributed by atoms with Crippen LogP contribution in [-0.2, 0) is 21.4 Å². The Morgan fingerprint density at radius 2 is 1.84 bits per heavy atom. The van der Waals surface area contributed by atoms with Gasteiger partial charge in [-0.25, -0.2) is 12.7 Å². The zero-order chi connectivity index (χ0) is 18.1. The van der Waals surface area contributed by atoms with E-state index in [0.29, 0.717) is 32.6 Å². The van der Waals surface area contributed by atoms with Crippen molar-refractivity contribution >= 4 is 15.9 Å². The second kappa shape index (κ2) is 7.08. The van der Waals surface area contributed by atoms with Gasteiger partial charge in [-0.1, -0.05) is 30.3 Å². The van der Waals surface area contributed by atoms with Crippen LogP contribution in [0.15, 0.2) is 30.3 Å². The Kier molecular flexibility index (Phi) is 5.21. The van der Waals surface area contributed by atoms with E-state index in [2.05, 4.69) is 0 Å². The van der Waals surface area contributed by atoms with Crippen LogP contribution in [0.2, 0.25) is 0 Å². The number of sulfonamides is 1. The molecule has 1 spiro atoms. The third kappa shape index (κ3) is 3.90. The number of piperidine rings is 2. The molecule has 0 aromatic heterocycles. The van der Waals surface area contributed by atoms with Crippen LogP contribution in [-0.4, -0.2) is 48.4 Å². The number of rotatable bonds is 4. The van der Waals surface area contributed by atoms with Crippen molar-refractivity contribution in [3.8, 4) is 0 Å². The van der Waals surface area contributed by atoms with Crippen molar-refractivity contribution in [1.29, 1.82) is 0 Å². The van der Waals surface area contributed by atoms with Gasteiger partial charge in [0.15, 0.2) is 0 Å². The van der Waals surface area contributed by atoms with Crippen molar-refractivity contribution in [1.82, 2.24) is 9.21 Å². The van der Waals surface area contributed by atoms with Crippen molar-refractivity contribution in [2.45, 2.75) is 51.3 Å². The summed E-state index contributed by atoms with van der Waals surface area (Å²) in [7, 11) is -3.24. The van der Waals surface area contributed by atoms with Crippen molar-refractivity contribution < 1.29 is 13.2 Å². The smallest absolute Gasteiger partial charge is 0.222 e. The Labute approximate surface area is 151 Å². The summed E-state index contributed by atoms with van der Waals surface area (Å²) in [6.07, 6.45) is 3.18. The van der Waals surface area contributed by atoms with E-state index >= 15 is 0 Å². The predicted molar refractivity (Wildman–Crippen MR) is 98.4 cm³/mol. The first-order valence-electron chi connectivity index (χ1n) is 9.13. The van der Waals surface area contributed by atoms with Crippen molar-refractivity contribution in [2.24, 2.45) is 5.41 Å². The number of hydrogen-bond donors (Lipinski definition) is 0. The molecule has 6 heteroatoms. The first-order valence-corrected chi connectivity index (χ1v) is 10.6. The molecule has 2 fully saturated rings. The zero-order valence-electron chi connectivity index (χ0n) is 15.1. The van der Waals surface area contributed by atoms with E-state index < -0.39 is 15.3 Å². The van der Waals surface area contributed by atoms with Gasteiger partial charge in [0, 0.05) is 38.0 Å². The van der Waals surface area contributed by atoms with Gasteiger partial charge in [0.1, 0.15) is 0 Å². The molecular weight excluding hydrogens is 336 g/mol. The Balaban J connectivity index is 1.76. The quantitative estimate of drug-likeness (QED) is 0.825. The van der Waals surface area contributed by atoms with Crippen LogP contribution in [0, 0.1) is 5.41 Å². The Morgan fingerprint density at radius 1 is 1.12 bits per heavy atom. The minimum Gasteiger partial charge on any atom is -0.338 e. The SMILES string of the molecule is CC(C)S(=O)(=O)N1CCC[C@@]2(CCC(=O)N(Cc3ccccc3)C2)C1. The van der Waals surface area contributed by atoms with Crippen LogP contribution in [0.4, 0.5) is 0 Å². The maximum absolute atomic E-state index is 12.6. The molecule has 1 aromatic rings. The largest absolute Gasteiger partial charge is 0.338 e. The highest BCUT2D eigenvalue weighted by Crippen LogP contribution is 2.40. The van der Waals surface area contributed by atoms with Gasteiger partial charge in [-0.05, 0) is 38.7 Å². The third-order valence-electron chi connectivity index (χ3n) is 5.55. The van der Waals surface area contributed by atoms with Gasteiger partial charge in [-0.15, -0.1) is 0 Å². The van der Waals surface area contributed by atoms with Crippen molar-refractivity contribution in [3.63, 3.8) is 0 Å². The number of benzene rings is 1. The molecule has 2 saturated heterocycles. The number of carbonyl (C=O) groups is 1. The standard InChI is InChI=1S/C19H28N2O3S/c1-16(2)25(23,24)21-12-6-10-19(15-21)11-9-18(22)20(14-19)13-17-7-4-3-5-8-17/h3-5,7-8,16H,6,9-15H2,1-2H3/t19-/m0/s1. The van der Waals surface area contributed by atoms with E-state index in [0.717, 1.165) is 24.8 Å². The number of amides is 1. The topological polar surface area (TPSA) is 57.7 Å². The highest BCUT2D eigenvalue weighted by atomic mass is 32.2. The molecule has 3 rings (SSSR count). The summed E-state index contributed by atoms with van der Waals surface area (Å²) < 4.78 is 26.9. The Morgan fingerprint density at radius 3 is 2.52 bits per heavy atom. The van der Waals surface area contributed by atoms with Gasteiger partial charge < -0.3 is 4.90 Å². The second-order valence-electron chi connectivity index (χ2n) is 7.77. The fourth-order valence-corrected chi connectivity index (χ4v) is 5.49. The molecule has 1 amide bonds. The van der Waals surface area contributed by atoms with Gasteiger partial charge in [0.05, 0.1) is 5.25 Å². The average Bonchev–Trinajstić information content (AvgIpc) is 2.59. The summed E-state index contributed by atoms with van der Waals surface area (Å²) in [6.45, 7) is 5.90. The van der Waals surface area contributed by atoms with Crippen LogP contribution < -0.4 is 0 Å². The van der Waals surface area contributed by atoms with Crippen molar-refractivity contribution in [3.05, 3.63) is 35.9 Å². The molecule has 0 bridgehead atoms. The Hall–Kier alpha value is -1.40. The molecule has 2 heterocycles. The summed E-state index contributed by atoms with van der Waals surface area (Å²) in [5.74, 6) is 0.179. The number of carbonyl (C=O) groups excluding carboxylic acids is 1. The highest BCUT2D eigenvalue weighted by Gasteiger charge is 2.44. The Bertz CT molecular complexity index is 717. The maximum atomic E-state index is 12.6. The lowest BCUT2D eigenvalue weighted by molar-refractivity contribution is -0.139. The normalized spacial score (nSPS) is 25.7. The maximum Gasteiger partial charge on any atom is 0.222 e. The van der Waals surface area contributed by atoms with E-state index in [-0.39, 0.29) is 11.3 Å². The van der Waals surface area contributed by atoms with Crippen LogP contribution in [0.25, 0.3) is 0 Å². The molecule has 2 aliphatic rings. The van der Waals surface area contributed by atoms with E-state index in [9.17, 15) is 13.2 Å². The molecule has 1 aromatic carbocycles. The molecule has 0 unspecified atom stereocenters. The first-order chi connectivity index (χ1) is 11.8. The number of likely N-dealkylation sites (tertiary alicyclic amines) is 1. The minimum absolute atomic E-state index is 0.0943. The van der Waals surface area contributed by atoms with Crippen LogP contribution in [0.1, 0.15) is 45.1 Å². The summed E-state index contributed by atoms with van der Waals surface area (Å²) in [6, 6.07) is 10.0. The number of hydrogen-bond acceptors (Lipinski definition) is 3. The molecule has 0 radical (unpaired) electrons. The number of nitrogens with zero attached hydrogens (tertiary/aromatic N) is 2. The second-order valence-corrected chi connectivity index (χ2v) is 10.3. The van der Waals surface area contributed by atoms with Crippen molar-refractivity contribution in [2.75, 3.05) is 19.6 Å². The highest BCUT2D eigenvalue weighted by molar-refractivity contribution is 7.89. The van der Waals surface area contributed by atoms with Gasteiger partial charge >= 0.3 is 0 Å². The molecule has 25 heavy (non-hydrogen) atoms. The molecule has 138 valence electrons. The van der Waals surface area contributed by atoms with Crippen LogP contribution in [0.5, 0.6) is 0 Å². The van der Waals surface area contributed by atoms with Crippen LogP contribution >= 0.6 is 0 Å². The molecule has 0 N–H and O–H groups in total. The first kappa shape index (κ1) is 18.4. The zero-order valence-corrected chi connectivity index (χ0v) is 16.0. The molecular formula is C19H28N2O3S. The fraction of sp³-hybridized carbons (Fsp3) is 0.632. The van der Waals surface area contributed by atoms with E-state index in [4.69, 9.17) is 0 Å². The summed E-state index contributed by atoms with van der Waals surface area (Å²) >= 11 is 0. The van der Waals surface area contributed by atoms with Gasteiger partial charge in [0.25, 0.3) is 0 Å². The van der Waals surface area contributed by atoms with Gasteiger partial charge in [-0.3, -0.25) is 4.79 Å². The lowest BCUT2D eigenvalue weighted by atomic mass is 9.74. The summed E-state index contributed by atoms with van der Waals surface area (Å²) in [5, 5.41) is -0.395. The molecule has 0 aliphatic carbocycles. The lowest BCUT2D eigenvalue weighted by Crippen LogP contribution is -2.55. The summed E-state index contributed by atoms with van der Waals surface area (Å²) in [4.78, 5) is 14.3. The van der Waals surface area contributed by atoms with E-state index in [1.54, 1.807) is 18.2 Å². The molecule has 0 saturated carbocycles. The average molecular weight is 365 g/mol. The third-order valence-corrected chi connectivity index (χ3v) is 7.77. The lowest BCUT2D eigenvalue weighted by Gasteiger charge is -2.48. The molecule has 2 aliphatic heterocycles. The predicted octanol–water partition coefficient (Wildman–Crippen LogP) is 2.63. The van der Waals surface area contributed by atoms with E-state index in [1.807, 2.05) is 35.2 Å². The van der Waals surface area contributed by atoms with Gasteiger partial charge in [0.2, 0.25) is 15.9 Å². The molecule has 1 atom stereocenters. The van der Waals surface area contributed by atoms with Crippen LogP contribution in [0.3, 0.4) is 0 Å². The molecule has 5 nitrogen and oxygen atoms in total. The van der Waals surface area contributed by atoms with E-state index in [1.165, 1.54) is 0 Å². The van der Waals surface area contributed by atoms with Gasteiger partial charge in [-0.2, -0.15) is 0 Å². The minimum atomic E-state index is -3.24.